The number of fused-ring (bicyclic) bond motifs is 1. The molecule has 148 valence electrons. The van der Waals surface area contributed by atoms with Crippen LogP contribution in [0.15, 0.2) is 46.9 Å². The second kappa shape index (κ2) is 8.82. The number of ether oxygens (including phenoxy) is 2. The Hall–Kier alpha value is -2.27. The molecule has 0 radical (unpaired) electrons. The van der Waals surface area contributed by atoms with Crippen LogP contribution < -0.4 is 4.74 Å². The fourth-order valence-corrected chi connectivity index (χ4v) is 3.94. The lowest BCUT2D eigenvalue weighted by Gasteiger charge is -2.12. The number of hydrogen-bond acceptors (Lipinski definition) is 3. The number of esters is 1. The molecule has 0 aliphatic heterocycles. The number of benzene rings is 2. The average Bonchev–Trinajstić information content (AvgIpc) is 2.94. The van der Waals surface area contributed by atoms with E-state index >= 15 is 0 Å². The van der Waals surface area contributed by atoms with Crippen LogP contribution in [0.2, 0.25) is 0 Å². The molecule has 0 N–H and O–H groups in total. The van der Waals surface area contributed by atoms with Crippen molar-refractivity contribution in [2.45, 2.75) is 33.2 Å². The number of rotatable bonds is 7. The molecule has 1 heterocycles. The van der Waals surface area contributed by atoms with E-state index in [0.717, 1.165) is 23.2 Å². The zero-order valence-corrected chi connectivity index (χ0v) is 18.4. The van der Waals surface area contributed by atoms with Gasteiger partial charge in [0.25, 0.3) is 0 Å². The van der Waals surface area contributed by atoms with Crippen molar-refractivity contribution in [1.82, 2.24) is 4.57 Å². The minimum absolute atomic E-state index is 0.165. The number of nitrogens with zero attached hydrogens (tertiary/aromatic N) is 1. The molecular weight excluding hydrogens is 418 g/mol. The van der Waals surface area contributed by atoms with Crippen LogP contribution in [-0.2, 0) is 22.5 Å². The van der Waals surface area contributed by atoms with Crippen LogP contribution in [0.4, 0.5) is 0 Å². The van der Waals surface area contributed by atoms with Gasteiger partial charge in [0, 0.05) is 34.0 Å². The van der Waals surface area contributed by atoms with Crippen LogP contribution in [0.1, 0.15) is 30.2 Å². The number of hydrogen-bond donors (Lipinski definition) is 0. The third kappa shape index (κ3) is 4.41. The first kappa shape index (κ1) is 20.5. The van der Waals surface area contributed by atoms with E-state index in [1.807, 2.05) is 6.07 Å². The smallest absolute Gasteiger partial charge is 0.305 e. The Kier molecular flexibility index (Phi) is 6.45. The summed E-state index contributed by atoms with van der Waals surface area (Å²) in [7, 11) is 3.13. The van der Waals surface area contributed by atoms with Gasteiger partial charge in [-0.1, -0.05) is 35.0 Å². The summed E-state index contributed by atoms with van der Waals surface area (Å²) in [5.74, 6) is 0.876. The first-order chi connectivity index (χ1) is 13.4. The van der Waals surface area contributed by atoms with Crippen LogP contribution >= 0.6 is 15.9 Å². The molecule has 4 nitrogen and oxygen atoms in total. The minimum Gasteiger partial charge on any atom is -0.497 e. The summed E-state index contributed by atoms with van der Waals surface area (Å²) in [6, 6.07) is 14.6. The van der Waals surface area contributed by atoms with E-state index in [4.69, 9.17) is 9.47 Å². The van der Waals surface area contributed by atoms with E-state index in [-0.39, 0.29) is 11.9 Å². The van der Waals surface area contributed by atoms with Crippen molar-refractivity contribution in [3.05, 3.63) is 63.8 Å². The molecule has 0 unspecified atom stereocenters. The summed E-state index contributed by atoms with van der Waals surface area (Å²) in [6.07, 6.45) is 1.23. The molecule has 3 rings (SSSR count). The van der Waals surface area contributed by atoms with Gasteiger partial charge in [0.05, 0.1) is 14.2 Å². The van der Waals surface area contributed by atoms with Crippen molar-refractivity contribution in [3.8, 4) is 5.75 Å². The van der Waals surface area contributed by atoms with Gasteiger partial charge in [-0.3, -0.25) is 4.79 Å². The molecule has 5 heteroatoms. The maximum atomic E-state index is 11.7. The fourth-order valence-electron chi connectivity index (χ4n) is 3.68. The number of carbonyl (C=O) groups is 1. The Morgan fingerprint density at radius 2 is 1.86 bits per heavy atom. The molecule has 0 saturated carbocycles. The standard InChI is InChI=1S/C23H26BrNO3/c1-15(12-23(26)28-4)11-20-16(2)25(14-17-5-7-18(24)8-6-17)22-10-9-19(27-3)13-21(20)22/h5-10,13,15H,11-12,14H2,1-4H3/t15-/m1/s1. The van der Waals surface area contributed by atoms with Gasteiger partial charge in [0.2, 0.25) is 0 Å². The van der Waals surface area contributed by atoms with Gasteiger partial charge < -0.3 is 14.0 Å². The third-order valence-electron chi connectivity index (χ3n) is 5.21. The Morgan fingerprint density at radius 3 is 2.50 bits per heavy atom. The highest BCUT2D eigenvalue weighted by atomic mass is 79.9. The van der Waals surface area contributed by atoms with Gasteiger partial charge in [0.1, 0.15) is 5.75 Å². The SMILES string of the molecule is COC(=O)C[C@H](C)Cc1c(C)n(Cc2ccc(Br)cc2)c2ccc(OC)cc12. The maximum absolute atomic E-state index is 11.7. The van der Waals surface area contributed by atoms with Crippen LogP contribution in [0.5, 0.6) is 5.75 Å². The van der Waals surface area contributed by atoms with Crippen LogP contribution in [0.3, 0.4) is 0 Å². The second-order valence-electron chi connectivity index (χ2n) is 7.25. The van der Waals surface area contributed by atoms with Gasteiger partial charge in [-0.25, -0.2) is 0 Å². The lowest BCUT2D eigenvalue weighted by molar-refractivity contribution is -0.141. The van der Waals surface area contributed by atoms with Crippen molar-refractivity contribution in [1.29, 1.82) is 0 Å². The van der Waals surface area contributed by atoms with Crippen molar-refractivity contribution in [2.24, 2.45) is 5.92 Å². The van der Waals surface area contributed by atoms with Crippen molar-refractivity contribution >= 4 is 32.8 Å². The predicted molar refractivity (Wildman–Crippen MR) is 116 cm³/mol. The van der Waals surface area contributed by atoms with E-state index in [1.54, 1.807) is 7.11 Å². The van der Waals surface area contributed by atoms with Gasteiger partial charge in [-0.15, -0.1) is 0 Å². The summed E-state index contributed by atoms with van der Waals surface area (Å²) in [5.41, 5.74) is 4.92. The molecule has 1 atom stereocenters. The zero-order chi connectivity index (χ0) is 20.3. The number of halogens is 1. The first-order valence-corrected chi connectivity index (χ1v) is 10.2. The largest absolute Gasteiger partial charge is 0.497 e. The molecule has 1 aromatic heterocycles. The van der Waals surface area contributed by atoms with Crippen LogP contribution in [0, 0.1) is 12.8 Å². The summed E-state index contributed by atoms with van der Waals surface area (Å²) < 4.78 is 13.7. The molecule has 0 amide bonds. The molecule has 0 fully saturated rings. The highest BCUT2D eigenvalue weighted by Crippen LogP contribution is 2.32. The van der Waals surface area contributed by atoms with Gasteiger partial charge in [-0.05, 0) is 60.7 Å². The first-order valence-electron chi connectivity index (χ1n) is 9.40. The normalized spacial score (nSPS) is 12.2. The number of aromatic nitrogens is 1. The van der Waals surface area contributed by atoms with Crippen molar-refractivity contribution in [2.75, 3.05) is 14.2 Å². The predicted octanol–water partition coefficient (Wildman–Crippen LogP) is 5.51. The number of methoxy groups -OCH3 is 2. The Morgan fingerprint density at radius 1 is 1.14 bits per heavy atom. The Bertz CT molecular complexity index is 976. The van der Waals surface area contributed by atoms with Gasteiger partial charge in [-0.2, -0.15) is 0 Å². The van der Waals surface area contributed by atoms with Gasteiger partial charge >= 0.3 is 5.97 Å². The summed E-state index contributed by atoms with van der Waals surface area (Å²) in [4.78, 5) is 11.7. The molecule has 0 bridgehead atoms. The third-order valence-corrected chi connectivity index (χ3v) is 5.74. The van der Waals surface area contributed by atoms with Crippen molar-refractivity contribution < 1.29 is 14.3 Å². The highest BCUT2D eigenvalue weighted by Gasteiger charge is 2.19. The monoisotopic (exact) mass is 443 g/mol. The lowest BCUT2D eigenvalue weighted by atomic mass is 9.96. The molecule has 3 aromatic rings. The van der Waals surface area contributed by atoms with Crippen LogP contribution in [0.25, 0.3) is 10.9 Å². The van der Waals surface area contributed by atoms with E-state index in [0.29, 0.717) is 6.42 Å². The quantitative estimate of drug-likeness (QED) is 0.451. The molecule has 0 aliphatic carbocycles. The molecule has 2 aromatic carbocycles. The van der Waals surface area contributed by atoms with Crippen molar-refractivity contribution in [3.63, 3.8) is 0 Å². The lowest BCUT2D eigenvalue weighted by Crippen LogP contribution is -2.10. The molecule has 0 aliphatic rings. The summed E-state index contributed by atoms with van der Waals surface area (Å²) in [6.45, 7) is 5.05. The maximum Gasteiger partial charge on any atom is 0.305 e. The van der Waals surface area contributed by atoms with Crippen LogP contribution in [-0.4, -0.2) is 24.8 Å². The van der Waals surface area contributed by atoms with E-state index in [2.05, 4.69) is 70.7 Å². The zero-order valence-electron chi connectivity index (χ0n) is 16.8. The second-order valence-corrected chi connectivity index (χ2v) is 8.16. The Labute approximate surface area is 174 Å². The van der Waals surface area contributed by atoms with E-state index in [1.165, 1.54) is 34.8 Å². The van der Waals surface area contributed by atoms with E-state index < -0.39 is 0 Å². The average molecular weight is 444 g/mol. The van der Waals surface area contributed by atoms with Gasteiger partial charge in [0.15, 0.2) is 0 Å². The number of carbonyl (C=O) groups excluding carboxylic acids is 1. The minimum atomic E-state index is -0.165. The molecule has 28 heavy (non-hydrogen) atoms. The topological polar surface area (TPSA) is 40.5 Å². The summed E-state index contributed by atoms with van der Waals surface area (Å²) >= 11 is 3.50. The fraction of sp³-hybridized carbons (Fsp3) is 0.348. The Balaban J connectivity index is 2.02. The molecule has 0 saturated heterocycles. The summed E-state index contributed by atoms with van der Waals surface area (Å²) in [5, 5.41) is 1.19. The molecule has 0 spiro atoms. The van der Waals surface area contributed by atoms with E-state index in [9.17, 15) is 4.79 Å². The molecular formula is C23H26BrNO3. The highest BCUT2D eigenvalue weighted by molar-refractivity contribution is 9.10.